The molecule has 0 saturated heterocycles. The van der Waals surface area contributed by atoms with Gasteiger partial charge in [0.2, 0.25) is 5.88 Å². The number of nitrogens with one attached hydrogen (secondary N) is 2. The molecule has 1 amide bonds. The maximum Gasteiger partial charge on any atom is 0.271 e. The molecule has 126 valence electrons. The summed E-state index contributed by atoms with van der Waals surface area (Å²) in [4.78, 5) is 26.3. The van der Waals surface area contributed by atoms with Crippen molar-refractivity contribution in [2.24, 2.45) is 5.10 Å². The van der Waals surface area contributed by atoms with Crippen LogP contribution in [-0.2, 0) is 0 Å². The van der Waals surface area contributed by atoms with Crippen molar-refractivity contribution in [3.05, 3.63) is 56.6 Å². The van der Waals surface area contributed by atoms with Crippen LogP contribution < -0.4 is 11.0 Å². The van der Waals surface area contributed by atoms with Crippen molar-refractivity contribution >= 4 is 24.3 Å². The Morgan fingerprint density at radius 2 is 2.12 bits per heavy atom. The summed E-state index contributed by atoms with van der Waals surface area (Å²) in [5, 5.41) is 14.1. The van der Waals surface area contributed by atoms with Gasteiger partial charge in [-0.05, 0) is 37.7 Å². The van der Waals surface area contributed by atoms with E-state index in [1.165, 1.54) is 4.57 Å². The number of aromatic nitrogens is 2. The summed E-state index contributed by atoms with van der Waals surface area (Å²) in [6, 6.07) is 8.43. The fraction of sp³-hybridized carbons (Fsp3) is 0.250. The zero-order valence-corrected chi connectivity index (χ0v) is 14.1. The van der Waals surface area contributed by atoms with E-state index in [1.807, 2.05) is 13.8 Å². The van der Waals surface area contributed by atoms with Crippen LogP contribution in [0.25, 0.3) is 0 Å². The Balaban J connectivity index is 2.28. The van der Waals surface area contributed by atoms with Gasteiger partial charge in [-0.1, -0.05) is 25.1 Å². The molecule has 1 aromatic heterocycles. The van der Waals surface area contributed by atoms with Gasteiger partial charge < -0.3 is 5.11 Å². The van der Waals surface area contributed by atoms with Gasteiger partial charge in [-0.25, -0.2) is 5.43 Å². The molecule has 0 unspecified atom stereocenters. The maximum absolute atomic E-state index is 12.0. The van der Waals surface area contributed by atoms with E-state index in [4.69, 9.17) is 12.2 Å². The van der Waals surface area contributed by atoms with Gasteiger partial charge in [0, 0.05) is 11.6 Å². The molecule has 0 saturated carbocycles. The molecule has 0 aliphatic carbocycles. The number of aromatic amines is 1. The first-order chi connectivity index (χ1) is 11.5. The lowest BCUT2D eigenvalue weighted by Gasteiger charge is -2.16. The molecule has 24 heavy (non-hydrogen) atoms. The monoisotopic (exact) mass is 346 g/mol. The average molecular weight is 346 g/mol. The number of carbonyl (C=O) groups is 1. The minimum Gasteiger partial charge on any atom is -0.494 e. The Morgan fingerprint density at radius 1 is 1.46 bits per heavy atom. The Labute approximate surface area is 143 Å². The Kier molecular flexibility index (Phi) is 5.64. The molecule has 2 rings (SSSR count). The lowest BCUT2D eigenvalue weighted by atomic mass is 10.2. The molecule has 1 aromatic carbocycles. The van der Waals surface area contributed by atoms with Crippen molar-refractivity contribution in [2.75, 3.05) is 0 Å². The fourth-order valence-corrected chi connectivity index (χ4v) is 2.43. The Morgan fingerprint density at radius 3 is 2.75 bits per heavy atom. The SMILES string of the molecule is CC[C@@H](C)n1c(O)c(C=NNC(=O)c2ccccc2)c(=O)[nH]c1=S. The molecule has 2 aromatic rings. The molecular formula is C16H18N4O3S. The minimum atomic E-state index is -0.574. The third kappa shape index (κ3) is 3.77. The van der Waals surface area contributed by atoms with Gasteiger partial charge in [-0.3, -0.25) is 19.1 Å². The van der Waals surface area contributed by atoms with Gasteiger partial charge in [0.05, 0.1) is 6.21 Å². The molecule has 1 heterocycles. The molecule has 0 spiro atoms. The molecule has 8 heteroatoms. The number of rotatable bonds is 5. The third-order valence-electron chi connectivity index (χ3n) is 3.58. The standard InChI is InChI=1S/C16H18N4O3S/c1-3-10(2)20-15(23)12(14(22)18-16(20)24)9-17-19-13(21)11-7-5-4-6-8-11/h4-10,23H,3H2,1-2H3,(H,19,21)(H,18,22,24)/t10-/m1/s1. The highest BCUT2D eigenvalue weighted by Crippen LogP contribution is 2.19. The summed E-state index contributed by atoms with van der Waals surface area (Å²) in [6.45, 7) is 3.80. The van der Waals surface area contributed by atoms with Crippen molar-refractivity contribution in [1.29, 1.82) is 0 Å². The predicted molar refractivity (Wildman–Crippen MR) is 94.1 cm³/mol. The van der Waals surface area contributed by atoms with Crippen LogP contribution in [0.4, 0.5) is 0 Å². The largest absolute Gasteiger partial charge is 0.494 e. The zero-order chi connectivity index (χ0) is 17.7. The first kappa shape index (κ1) is 17.6. The number of amides is 1. The Bertz CT molecular complexity index is 871. The smallest absolute Gasteiger partial charge is 0.271 e. The van der Waals surface area contributed by atoms with E-state index in [0.29, 0.717) is 5.56 Å². The summed E-state index contributed by atoms with van der Waals surface area (Å²) < 4.78 is 1.58. The second-order valence-corrected chi connectivity index (χ2v) is 5.58. The number of H-pyrrole nitrogens is 1. The van der Waals surface area contributed by atoms with E-state index in [9.17, 15) is 14.7 Å². The quantitative estimate of drug-likeness (QED) is 0.439. The van der Waals surface area contributed by atoms with Gasteiger partial charge in [0.1, 0.15) is 5.56 Å². The number of hydrazone groups is 1. The predicted octanol–water partition coefficient (Wildman–Crippen LogP) is 2.35. The van der Waals surface area contributed by atoms with Gasteiger partial charge in [-0.2, -0.15) is 5.10 Å². The van der Waals surface area contributed by atoms with Crippen LogP contribution in [0.5, 0.6) is 5.88 Å². The highest BCUT2D eigenvalue weighted by atomic mass is 32.1. The van der Waals surface area contributed by atoms with Gasteiger partial charge >= 0.3 is 0 Å². The fourth-order valence-electron chi connectivity index (χ4n) is 2.07. The van der Waals surface area contributed by atoms with E-state index in [1.54, 1.807) is 30.3 Å². The van der Waals surface area contributed by atoms with Crippen molar-refractivity contribution in [2.45, 2.75) is 26.3 Å². The maximum atomic E-state index is 12.0. The van der Waals surface area contributed by atoms with E-state index in [2.05, 4.69) is 15.5 Å². The van der Waals surface area contributed by atoms with Crippen molar-refractivity contribution in [3.63, 3.8) is 0 Å². The van der Waals surface area contributed by atoms with Gasteiger partial charge in [0.25, 0.3) is 11.5 Å². The molecule has 0 aliphatic rings. The lowest BCUT2D eigenvalue weighted by molar-refractivity contribution is 0.0955. The van der Waals surface area contributed by atoms with E-state index in [0.717, 1.165) is 12.6 Å². The molecule has 0 radical (unpaired) electrons. The number of hydrogen-bond donors (Lipinski definition) is 3. The molecule has 7 nitrogen and oxygen atoms in total. The van der Waals surface area contributed by atoms with E-state index >= 15 is 0 Å². The van der Waals surface area contributed by atoms with Crippen molar-refractivity contribution < 1.29 is 9.90 Å². The highest BCUT2D eigenvalue weighted by Gasteiger charge is 2.14. The van der Waals surface area contributed by atoms with Crippen molar-refractivity contribution in [3.8, 4) is 5.88 Å². The average Bonchev–Trinajstić information content (AvgIpc) is 2.57. The number of benzene rings is 1. The number of nitrogens with zero attached hydrogens (tertiary/aromatic N) is 2. The molecule has 0 bridgehead atoms. The third-order valence-corrected chi connectivity index (χ3v) is 3.88. The molecule has 1 atom stereocenters. The normalized spacial score (nSPS) is 12.2. The molecule has 3 N–H and O–H groups in total. The summed E-state index contributed by atoms with van der Waals surface area (Å²) >= 11 is 5.08. The van der Waals surface area contributed by atoms with Crippen LogP contribution in [0.3, 0.4) is 0 Å². The van der Waals surface area contributed by atoms with Gasteiger partial charge in [-0.15, -0.1) is 0 Å². The van der Waals surface area contributed by atoms with Crippen LogP contribution in [0.2, 0.25) is 0 Å². The number of aromatic hydroxyl groups is 1. The number of hydrogen-bond acceptors (Lipinski definition) is 5. The summed E-state index contributed by atoms with van der Waals surface area (Å²) in [5.74, 6) is -0.701. The van der Waals surface area contributed by atoms with Crippen LogP contribution in [-0.4, -0.2) is 26.8 Å². The van der Waals surface area contributed by atoms with Crippen LogP contribution in [0.1, 0.15) is 42.2 Å². The van der Waals surface area contributed by atoms with Crippen LogP contribution in [0.15, 0.2) is 40.2 Å². The summed E-state index contributed by atoms with van der Waals surface area (Å²) in [5.41, 5.74) is 2.10. The summed E-state index contributed by atoms with van der Waals surface area (Å²) in [7, 11) is 0. The van der Waals surface area contributed by atoms with Crippen molar-refractivity contribution in [1.82, 2.24) is 15.0 Å². The number of carbonyl (C=O) groups excluding carboxylic acids is 1. The summed E-state index contributed by atoms with van der Waals surface area (Å²) in [6.07, 6.45) is 1.82. The molecule has 0 aliphatic heterocycles. The van der Waals surface area contributed by atoms with E-state index in [-0.39, 0.29) is 22.3 Å². The second-order valence-electron chi connectivity index (χ2n) is 5.19. The lowest BCUT2D eigenvalue weighted by Crippen LogP contribution is -2.22. The van der Waals surface area contributed by atoms with Crippen LogP contribution in [0, 0.1) is 4.77 Å². The topological polar surface area (TPSA) is 99.5 Å². The molecule has 0 fully saturated rings. The molecular weight excluding hydrogens is 328 g/mol. The first-order valence-corrected chi connectivity index (χ1v) is 7.82. The minimum absolute atomic E-state index is 0.0720. The Hall–Kier alpha value is -2.74. The van der Waals surface area contributed by atoms with Gasteiger partial charge in [0.15, 0.2) is 4.77 Å². The van der Waals surface area contributed by atoms with E-state index < -0.39 is 11.5 Å². The zero-order valence-electron chi connectivity index (χ0n) is 13.3. The highest BCUT2D eigenvalue weighted by molar-refractivity contribution is 7.71. The second kappa shape index (κ2) is 7.69. The first-order valence-electron chi connectivity index (χ1n) is 7.42. The van der Waals surface area contributed by atoms with Crippen LogP contribution >= 0.6 is 12.2 Å².